The van der Waals surface area contributed by atoms with Crippen LogP contribution in [-0.4, -0.2) is 77.8 Å². The van der Waals surface area contributed by atoms with E-state index in [1.54, 1.807) is 43.9 Å². The van der Waals surface area contributed by atoms with Crippen molar-refractivity contribution in [2.45, 2.75) is 36.6 Å². The first kappa shape index (κ1) is 23.1. The van der Waals surface area contributed by atoms with Crippen molar-refractivity contribution in [2.24, 2.45) is 11.3 Å². The van der Waals surface area contributed by atoms with Crippen LogP contribution >= 0.6 is 11.8 Å². The van der Waals surface area contributed by atoms with E-state index in [1.165, 1.54) is 25.9 Å². The van der Waals surface area contributed by atoms with E-state index in [9.17, 15) is 24.0 Å². The number of esters is 2. The van der Waals surface area contributed by atoms with Crippen molar-refractivity contribution >= 4 is 47.2 Å². The monoisotopic (exact) mass is 475 g/mol. The van der Waals surface area contributed by atoms with Crippen LogP contribution in [0.25, 0.3) is 0 Å². The summed E-state index contributed by atoms with van der Waals surface area (Å²) >= 11 is 1.21. The third-order valence-electron chi connectivity index (χ3n) is 6.61. The maximum Gasteiger partial charge on any atom is 0.332 e. The number of anilines is 1. The van der Waals surface area contributed by atoms with E-state index in [1.807, 2.05) is 6.07 Å². The summed E-state index contributed by atoms with van der Waals surface area (Å²) in [5.74, 6) is -4.86. The molecule has 0 saturated carbocycles. The average Bonchev–Trinajstić information content (AvgIpc) is 3.21. The molecule has 0 radical (unpaired) electrons. The van der Waals surface area contributed by atoms with Crippen LogP contribution in [-0.2, 0) is 28.7 Å². The van der Waals surface area contributed by atoms with Crippen LogP contribution < -0.4 is 4.90 Å². The average molecular weight is 476 g/mol. The van der Waals surface area contributed by atoms with Crippen LogP contribution in [0.5, 0.6) is 0 Å². The van der Waals surface area contributed by atoms with Gasteiger partial charge in [0.25, 0.3) is 0 Å². The maximum atomic E-state index is 13.9. The molecule has 1 unspecified atom stereocenters. The Balaban J connectivity index is 2.07. The topological polar surface area (TPSA) is 114 Å². The van der Waals surface area contributed by atoms with Crippen LogP contribution in [0.4, 0.5) is 10.5 Å². The molecule has 0 aromatic heterocycles. The summed E-state index contributed by atoms with van der Waals surface area (Å²) in [7, 11) is 2.52. The minimum Gasteiger partial charge on any atom is -0.466 e. The van der Waals surface area contributed by atoms with Gasteiger partial charge in [0.05, 0.1) is 18.9 Å². The van der Waals surface area contributed by atoms with Crippen molar-refractivity contribution in [3.05, 3.63) is 24.3 Å². The molecule has 2 saturated heterocycles. The molecule has 2 fully saturated rings. The lowest BCUT2D eigenvalue weighted by molar-refractivity contribution is -0.173. The number of nitrogens with zero attached hydrogens (tertiary/aromatic N) is 3. The minimum absolute atomic E-state index is 0.0195. The summed E-state index contributed by atoms with van der Waals surface area (Å²) < 4.78 is 10.6. The Morgan fingerprint density at radius 2 is 1.52 bits per heavy atom. The Morgan fingerprint density at radius 1 is 0.970 bits per heavy atom. The lowest BCUT2D eigenvalue weighted by Gasteiger charge is -2.48. The molecule has 1 spiro atoms. The van der Waals surface area contributed by atoms with Gasteiger partial charge in [0.15, 0.2) is 5.41 Å². The summed E-state index contributed by atoms with van der Waals surface area (Å²) in [6.07, 6.45) is 0. The number of urea groups is 1. The number of hydrogen-bond acceptors (Lipinski definition) is 9. The van der Waals surface area contributed by atoms with Gasteiger partial charge < -0.3 is 14.4 Å². The van der Waals surface area contributed by atoms with Crippen LogP contribution in [0.2, 0.25) is 0 Å². The standard InChI is InChI=1S/C22H25N3O7S/c1-6-31-16(26)14-15(17(27)32-7-2)25-12-10-8-9-11-13(12)33-21(25,3)22(14)18(28)23(4)20(30)24(5)19(22)29/h8-11,14-15H,6-7H2,1-5H3/t14-,15-,21?/m0/s1. The van der Waals surface area contributed by atoms with Crippen molar-refractivity contribution in [3.63, 3.8) is 0 Å². The maximum absolute atomic E-state index is 13.9. The number of rotatable bonds is 4. The van der Waals surface area contributed by atoms with Gasteiger partial charge in [-0.25, -0.2) is 9.59 Å². The van der Waals surface area contributed by atoms with E-state index in [-0.39, 0.29) is 13.2 Å². The molecule has 10 nitrogen and oxygen atoms in total. The molecule has 3 aliphatic rings. The fraction of sp³-hybridized carbons (Fsp3) is 0.500. The molecule has 3 aliphatic heterocycles. The molecule has 4 amide bonds. The van der Waals surface area contributed by atoms with Gasteiger partial charge in [-0.1, -0.05) is 23.9 Å². The number of imide groups is 2. The van der Waals surface area contributed by atoms with E-state index in [4.69, 9.17) is 9.47 Å². The molecular formula is C22H25N3O7S. The van der Waals surface area contributed by atoms with Crippen molar-refractivity contribution in [1.29, 1.82) is 0 Å². The Bertz CT molecular complexity index is 1050. The zero-order chi connectivity index (χ0) is 24.3. The first-order valence-electron chi connectivity index (χ1n) is 10.6. The predicted octanol–water partition coefficient (Wildman–Crippen LogP) is 1.48. The van der Waals surface area contributed by atoms with Crippen LogP contribution in [0.3, 0.4) is 0 Å². The summed E-state index contributed by atoms with van der Waals surface area (Å²) in [5, 5.41) is 0. The number of para-hydroxylation sites is 1. The second-order valence-electron chi connectivity index (χ2n) is 8.17. The number of carbonyl (C=O) groups excluding carboxylic acids is 5. The third-order valence-corrected chi connectivity index (χ3v) is 8.09. The van der Waals surface area contributed by atoms with Gasteiger partial charge in [0, 0.05) is 19.0 Å². The van der Waals surface area contributed by atoms with Gasteiger partial charge in [-0.05, 0) is 32.9 Å². The zero-order valence-corrected chi connectivity index (χ0v) is 19.8. The lowest BCUT2D eigenvalue weighted by Crippen LogP contribution is -2.71. The summed E-state index contributed by atoms with van der Waals surface area (Å²) in [5.41, 5.74) is -1.52. The lowest BCUT2D eigenvalue weighted by atomic mass is 9.67. The molecule has 3 heterocycles. The van der Waals surface area contributed by atoms with Crippen molar-refractivity contribution in [2.75, 3.05) is 32.2 Å². The molecule has 4 rings (SSSR count). The molecule has 1 aromatic rings. The van der Waals surface area contributed by atoms with Crippen molar-refractivity contribution in [1.82, 2.24) is 9.80 Å². The van der Waals surface area contributed by atoms with Gasteiger partial charge >= 0.3 is 18.0 Å². The first-order chi connectivity index (χ1) is 15.6. The number of thioether (sulfide) groups is 1. The zero-order valence-electron chi connectivity index (χ0n) is 19.0. The van der Waals surface area contributed by atoms with Crippen LogP contribution in [0, 0.1) is 11.3 Å². The second-order valence-corrected chi connectivity index (χ2v) is 9.61. The molecule has 0 aliphatic carbocycles. The third kappa shape index (κ3) is 2.71. The largest absolute Gasteiger partial charge is 0.466 e. The molecule has 0 N–H and O–H groups in total. The van der Waals surface area contributed by atoms with Gasteiger partial charge in [0.1, 0.15) is 16.8 Å². The smallest absolute Gasteiger partial charge is 0.332 e. The van der Waals surface area contributed by atoms with E-state index in [0.717, 1.165) is 14.7 Å². The van der Waals surface area contributed by atoms with Crippen LogP contribution in [0.15, 0.2) is 29.2 Å². The normalized spacial score (nSPS) is 27.7. The summed E-state index contributed by atoms with van der Waals surface area (Å²) in [6.45, 7) is 4.89. The molecule has 3 atom stereocenters. The molecule has 1 aromatic carbocycles. The summed E-state index contributed by atoms with van der Waals surface area (Å²) in [6, 6.07) is 5.02. The van der Waals surface area contributed by atoms with Gasteiger partial charge in [-0.2, -0.15) is 0 Å². The number of ether oxygens (including phenoxy) is 2. The number of barbiturate groups is 1. The Kier molecular flexibility index (Phi) is 5.43. The number of benzene rings is 1. The highest BCUT2D eigenvalue weighted by Gasteiger charge is 2.82. The summed E-state index contributed by atoms with van der Waals surface area (Å²) in [4.78, 5) is 69.8. The molecular weight excluding hydrogens is 450 g/mol. The Labute approximate surface area is 195 Å². The highest BCUT2D eigenvalue weighted by atomic mass is 32.2. The Hall–Kier alpha value is -3.08. The Morgan fingerprint density at radius 3 is 2.09 bits per heavy atom. The number of carbonyl (C=O) groups is 5. The molecule has 0 bridgehead atoms. The minimum atomic E-state index is -2.11. The van der Waals surface area contributed by atoms with Gasteiger partial charge in [0.2, 0.25) is 11.8 Å². The van der Waals surface area contributed by atoms with Crippen molar-refractivity contribution < 1.29 is 33.4 Å². The number of amides is 4. The number of hydrogen-bond donors (Lipinski definition) is 0. The fourth-order valence-electron chi connectivity index (χ4n) is 5.28. The van der Waals surface area contributed by atoms with Crippen molar-refractivity contribution in [3.8, 4) is 0 Å². The van der Waals surface area contributed by atoms with E-state index < -0.39 is 52.0 Å². The highest BCUT2D eigenvalue weighted by molar-refractivity contribution is 8.01. The van der Waals surface area contributed by atoms with Gasteiger partial charge in [-0.15, -0.1) is 0 Å². The highest BCUT2D eigenvalue weighted by Crippen LogP contribution is 2.68. The first-order valence-corrected chi connectivity index (χ1v) is 11.4. The fourth-order valence-corrected chi connectivity index (χ4v) is 6.90. The second kappa shape index (κ2) is 7.75. The quantitative estimate of drug-likeness (QED) is 0.472. The van der Waals surface area contributed by atoms with Crippen LogP contribution in [0.1, 0.15) is 20.8 Å². The van der Waals surface area contributed by atoms with E-state index in [2.05, 4.69) is 0 Å². The van der Waals surface area contributed by atoms with E-state index >= 15 is 0 Å². The number of fused-ring (bicyclic) bond motifs is 4. The molecule has 33 heavy (non-hydrogen) atoms. The van der Waals surface area contributed by atoms with Gasteiger partial charge in [-0.3, -0.25) is 24.2 Å². The molecule has 176 valence electrons. The predicted molar refractivity (Wildman–Crippen MR) is 117 cm³/mol. The van der Waals surface area contributed by atoms with E-state index in [0.29, 0.717) is 5.69 Å². The SMILES string of the molecule is CCOC(=O)[C@@H]1[C@@H](C(=O)OCC)C2(C(=O)N(C)C(=O)N(C)C2=O)C2(C)Sc3ccccc3N12. The molecule has 11 heteroatoms.